The number of ether oxygens (including phenoxy) is 3. The highest BCUT2D eigenvalue weighted by Crippen LogP contribution is 2.37. The Balaban J connectivity index is 1.77. The average Bonchev–Trinajstić information content (AvgIpc) is 3.34. The highest BCUT2D eigenvalue weighted by Gasteiger charge is 2.35. The maximum Gasteiger partial charge on any atom is 0.338 e. The van der Waals surface area contributed by atoms with E-state index < -0.39 is 12.0 Å². The Hall–Kier alpha value is -4.40. The van der Waals surface area contributed by atoms with Crippen LogP contribution in [0, 0.1) is 0 Å². The van der Waals surface area contributed by atoms with Crippen LogP contribution in [0.4, 0.5) is 0 Å². The molecule has 5 rings (SSSR count). The summed E-state index contributed by atoms with van der Waals surface area (Å²) in [5.74, 6) is 0.624. The van der Waals surface area contributed by atoms with Gasteiger partial charge in [-0.1, -0.05) is 104 Å². The summed E-state index contributed by atoms with van der Waals surface area (Å²) in [4.78, 5) is 33.2. The summed E-state index contributed by atoms with van der Waals surface area (Å²) in [6, 6.07) is 20.2. The summed E-state index contributed by atoms with van der Waals surface area (Å²) in [6.07, 6.45) is 3.36. The second-order valence-electron chi connectivity index (χ2n) is 10.4. The van der Waals surface area contributed by atoms with E-state index in [1.54, 1.807) is 35.8 Å². The number of aromatic nitrogens is 1. The average molecular weight is 629 g/mol. The van der Waals surface area contributed by atoms with Gasteiger partial charge in [-0.3, -0.25) is 9.36 Å². The molecule has 44 heavy (non-hydrogen) atoms. The topological polar surface area (TPSA) is 79.1 Å². The molecule has 0 aliphatic carbocycles. The van der Waals surface area contributed by atoms with Gasteiger partial charge >= 0.3 is 5.97 Å². The predicted molar refractivity (Wildman–Crippen MR) is 175 cm³/mol. The Morgan fingerprint density at radius 1 is 1.14 bits per heavy atom. The highest BCUT2D eigenvalue weighted by molar-refractivity contribution is 7.07. The maximum absolute atomic E-state index is 14.2. The first kappa shape index (κ1) is 31.0. The van der Waals surface area contributed by atoms with Crippen LogP contribution in [0.1, 0.15) is 55.0 Å². The van der Waals surface area contributed by atoms with Gasteiger partial charge in [0.25, 0.3) is 5.56 Å². The van der Waals surface area contributed by atoms with Gasteiger partial charge in [-0.25, -0.2) is 9.79 Å². The molecule has 0 N–H and O–H groups in total. The van der Waals surface area contributed by atoms with Crippen molar-refractivity contribution >= 4 is 40.7 Å². The summed E-state index contributed by atoms with van der Waals surface area (Å²) < 4.78 is 18.8. The fraction of sp³-hybridized carbons (Fsp3) is 0.229. The molecule has 0 amide bonds. The van der Waals surface area contributed by atoms with E-state index >= 15 is 0 Å². The molecule has 0 saturated carbocycles. The van der Waals surface area contributed by atoms with Crippen molar-refractivity contribution in [3.05, 3.63) is 132 Å². The van der Waals surface area contributed by atoms with Crippen LogP contribution in [0.15, 0.2) is 94.7 Å². The lowest BCUT2D eigenvalue weighted by molar-refractivity contribution is -0.138. The number of hydrogen-bond acceptors (Lipinski definition) is 7. The molecule has 1 aliphatic rings. The van der Waals surface area contributed by atoms with Crippen LogP contribution in [0.25, 0.3) is 11.8 Å². The summed E-state index contributed by atoms with van der Waals surface area (Å²) in [5, 5.41) is 0.337. The molecule has 0 bridgehead atoms. The van der Waals surface area contributed by atoms with Crippen LogP contribution in [0.5, 0.6) is 11.5 Å². The second-order valence-corrected chi connectivity index (χ2v) is 11.8. The SMILES string of the molecule is C=CCOc1c(Cl)cc(/C=c2\sc3n(c2=O)[C@@H](c2ccc(C(C)C)cc2)C(C(=O)OCC)=C(c2ccccc2)N=3)cc1OC. The Morgan fingerprint density at radius 3 is 2.50 bits per heavy atom. The molecule has 9 heteroatoms. The lowest BCUT2D eigenvalue weighted by Gasteiger charge is -2.26. The number of benzene rings is 3. The first-order chi connectivity index (χ1) is 21.3. The van der Waals surface area contributed by atoms with E-state index in [4.69, 9.17) is 30.8 Å². The van der Waals surface area contributed by atoms with Crippen LogP contribution in [-0.4, -0.2) is 30.9 Å². The van der Waals surface area contributed by atoms with Crippen LogP contribution in [0.3, 0.4) is 0 Å². The first-order valence-corrected chi connectivity index (χ1v) is 15.5. The molecule has 4 aromatic rings. The first-order valence-electron chi connectivity index (χ1n) is 14.3. The third-order valence-electron chi connectivity index (χ3n) is 7.19. The molecular formula is C35H33ClN2O5S. The number of nitrogens with zero attached hydrogens (tertiary/aromatic N) is 2. The van der Waals surface area contributed by atoms with Crippen molar-refractivity contribution in [1.29, 1.82) is 0 Å². The van der Waals surface area contributed by atoms with Crippen LogP contribution < -0.4 is 24.4 Å². The number of carbonyl (C=O) groups excluding carboxylic acids is 1. The van der Waals surface area contributed by atoms with Crippen molar-refractivity contribution < 1.29 is 19.0 Å². The minimum Gasteiger partial charge on any atom is -0.493 e. The van der Waals surface area contributed by atoms with Gasteiger partial charge in [0.15, 0.2) is 16.3 Å². The molecule has 0 spiro atoms. The van der Waals surface area contributed by atoms with Crippen molar-refractivity contribution in [2.45, 2.75) is 32.7 Å². The number of halogens is 1. The third kappa shape index (κ3) is 6.14. The fourth-order valence-electron chi connectivity index (χ4n) is 5.08. The van der Waals surface area contributed by atoms with Gasteiger partial charge in [-0.05, 0) is 47.7 Å². The van der Waals surface area contributed by atoms with Crippen molar-refractivity contribution in [3.8, 4) is 11.5 Å². The van der Waals surface area contributed by atoms with Gasteiger partial charge in [0.2, 0.25) is 0 Å². The molecule has 7 nitrogen and oxygen atoms in total. The Labute approximate surface area is 265 Å². The number of thiazole rings is 1. The van der Waals surface area contributed by atoms with E-state index in [1.165, 1.54) is 18.4 Å². The number of esters is 1. The molecule has 226 valence electrons. The second kappa shape index (κ2) is 13.5. The fourth-order valence-corrected chi connectivity index (χ4v) is 6.35. The number of hydrogen-bond donors (Lipinski definition) is 0. The molecule has 0 radical (unpaired) electrons. The molecular weight excluding hydrogens is 596 g/mol. The zero-order valence-corrected chi connectivity index (χ0v) is 26.6. The minimum atomic E-state index is -0.753. The standard InChI is InChI=1S/C35H33ClN2O5S/c1-6-17-43-32-26(36)18-22(19-27(32)41-5)20-28-33(39)38-31(25-15-13-23(14-16-25)21(3)4)29(34(40)42-7-2)30(37-35(38)44-28)24-11-9-8-10-12-24/h6,8-16,18-21,31H,1,7,17H2,2-5H3/b28-20-/t31-/m0/s1. The monoisotopic (exact) mass is 628 g/mol. The number of fused-ring (bicyclic) bond motifs is 1. The van der Waals surface area contributed by atoms with Gasteiger partial charge in [0.1, 0.15) is 6.61 Å². The van der Waals surface area contributed by atoms with E-state index in [0.29, 0.717) is 48.6 Å². The summed E-state index contributed by atoms with van der Waals surface area (Å²) in [5.41, 5.74) is 3.82. The van der Waals surface area contributed by atoms with Gasteiger partial charge in [0.05, 0.1) is 40.6 Å². The normalized spacial score (nSPS) is 14.7. The highest BCUT2D eigenvalue weighted by atomic mass is 35.5. The molecule has 3 aromatic carbocycles. The lowest BCUT2D eigenvalue weighted by Crippen LogP contribution is -2.40. The Kier molecular flexibility index (Phi) is 9.52. The van der Waals surface area contributed by atoms with Gasteiger partial charge in [-0.2, -0.15) is 0 Å². The van der Waals surface area contributed by atoms with E-state index in [-0.39, 0.29) is 18.8 Å². The Morgan fingerprint density at radius 2 is 1.86 bits per heavy atom. The van der Waals surface area contributed by atoms with Gasteiger partial charge in [0, 0.05) is 5.56 Å². The van der Waals surface area contributed by atoms with E-state index in [2.05, 4.69) is 20.4 Å². The van der Waals surface area contributed by atoms with E-state index in [0.717, 1.165) is 16.7 Å². The predicted octanol–water partition coefficient (Wildman–Crippen LogP) is 6.29. The van der Waals surface area contributed by atoms with Crippen molar-refractivity contribution in [1.82, 2.24) is 4.57 Å². The smallest absolute Gasteiger partial charge is 0.338 e. The van der Waals surface area contributed by atoms with Crippen LogP contribution in [-0.2, 0) is 9.53 Å². The molecule has 1 atom stereocenters. The Bertz CT molecular complexity index is 1910. The maximum atomic E-state index is 14.2. The third-order valence-corrected chi connectivity index (χ3v) is 8.45. The zero-order chi connectivity index (χ0) is 31.4. The molecule has 1 aromatic heterocycles. The number of rotatable bonds is 10. The molecule has 0 fully saturated rings. The van der Waals surface area contributed by atoms with Gasteiger partial charge in [-0.15, -0.1) is 0 Å². The van der Waals surface area contributed by atoms with Crippen LogP contribution in [0.2, 0.25) is 5.02 Å². The molecule has 0 unspecified atom stereocenters. The molecule has 2 heterocycles. The quantitative estimate of drug-likeness (QED) is 0.152. The zero-order valence-electron chi connectivity index (χ0n) is 25.0. The molecule has 1 aliphatic heterocycles. The van der Waals surface area contributed by atoms with Crippen LogP contribution >= 0.6 is 22.9 Å². The summed E-state index contributed by atoms with van der Waals surface area (Å²) in [6.45, 7) is 10.1. The largest absolute Gasteiger partial charge is 0.493 e. The van der Waals surface area contributed by atoms with Crippen molar-refractivity contribution in [2.24, 2.45) is 4.99 Å². The number of methoxy groups -OCH3 is 1. The summed E-state index contributed by atoms with van der Waals surface area (Å²) >= 11 is 7.79. The minimum absolute atomic E-state index is 0.183. The lowest BCUT2D eigenvalue weighted by atomic mass is 9.91. The number of carbonyl (C=O) groups is 1. The van der Waals surface area contributed by atoms with E-state index in [1.807, 2.05) is 54.6 Å². The van der Waals surface area contributed by atoms with E-state index in [9.17, 15) is 9.59 Å². The van der Waals surface area contributed by atoms with Gasteiger partial charge < -0.3 is 14.2 Å². The molecule has 0 saturated heterocycles. The van der Waals surface area contributed by atoms with Crippen molar-refractivity contribution in [2.75, 3.05) is 20.3 Å². The van der Waals surface area contributed by atoms with Crippen molar-refractivity contribution in [3.63, 3.8) is 0 Å². The summed E-state index contributed by atoms with van der Waals surface area (Å²) in [7, 11) is 1.52.